The van der Waals surface area contributed by atoms with Gasteiger partial charge in [0.15, 0.2) is 0 Å². The Balaban J connectivity index is 2.62. The van der Waals surface area contributed by atoms with E-state index in [1.54, 1.807) is 0 Å². The molecule has 1 aromatic rings. The summed E-state index contributed by atoms with van der Waals surface area (Å²) in [4.78, 5) is 1.01. The van der Waals surface area contributed by atoms with Gasteiger partial charge >= 0.3 is 0 Å². The molecule has 0 spiro atoms. The molecule has 0 saturated carbocycles. The van der Waals surface area contributed by atoms with Crippen LogP contribution in [0.2, 0.25) is 0 Å². The molecule has 0 fully saturated rings. The van der Waals surface area contributed by atoms with Gasteiger partial charge in [-0.25, -0.2) is 0 Å². The molecule has 1 heteroatoms. The van der Waals surface area contributed by atoms with Crippen LogP contribution in [0.5, 0.6) is 0 Å². The lowest BCUT2D eigenvalue weighted by molar-refractivity contribution is 0.663. The van der Waals surface area contributed by atoms with Crippen LogP contribution in [0.1, 0.15) is 31.9 Å². The first-order valence-electron chi connectivity index (χ1n) is 5.82. The molecule has 0 aromatic heterocycles. The molecule has 0 bridgehead atoms. The first kappa shape index (κ1) is 12.3. The van der Waals surface area contributed by atoms with Gasteiger partial charge in [-0.05, 0) is 34.1 Å². The first-order valence-corrected chi connectivity index (χ1v) is 6.26. The van der Waals surface area contributed by atoms with E-state index in [-0.39, 0.29) is 5.41 Å². The van der Waals surface area contributed by atoms with Gasteiger partial charge in [0.25, 0.3) is 0 Å². The summed E-state index contributed by atoms with van der Waals surface area (Å²) in [6.07, 6.45) is 4.15. The zero-order chi connectivity index (χ0) is 12.6. The summed E-state index contributed by atoms with van der Waals surface area (Å²) >= 11 is 4.30. The van der Waals surface area contributed by atoms with Gasteiger partial charge in [0.1, 0.15) is 0 Å². The molecule has 0 heterocycles. The van der Waals surface area contributed by atoms with Gasteiger partial charge in [0.05, 0.1) is 0 Å². The fourth-order valence-electron chi connectivity index (χ4n) is 2.32. The average Bonchev–Trinajstić information content (AvgIpc) is 2.47. The molecule has 0 N–H and O–H groups in total. The molecule has 0 aliphatic heterocycles. The summed E-state index contributed by atoms with van der Waals surface area (Å²) in [6, 6.07) is 8.54. The van der Waals surface area contributed by atoms with Gasteiger partial charge in [-0.3, -0.25) is 0 Å². The Morgan fingerprint density at radius 3 is 2.59 bits per heavy atom. The van der Waals surface area contributed by atoms with Gasteiger partial charge < -0.3 is 0 Å². The number of benzene rings is 1. The minimum absolute atomic E-state index is 0.0285. The highest BCUT2D eigenvalue weighted by atomic mass is 32.1. The van der Waals surface area contributed by atoms with Crippen LogP contribution < -0.4 is 0 Å². The highest BCUT2D eigenvalue weighted by Gasteiger charge is 2.35. The molecule has 0 radical (unpaired) electrons. The fourth-order valence-corrected chi connectivity index (χ4v) is 2.39. The number of hydrogen-bond acceptors (Lipinski definition) is 1. The Kier molecular flexibility index (Phi) is 3.05. The van der Waals surface area contributed by atoms with Crippen LogP contribution in [0, 0.1) is 0 Å². The summed E-state index contributed by atoms with van der Waals surface area (Å²) < 4.78 is 0. The van der Waals surface area contributed by atoms with Crippen molar-refractivity contribution in [2.24, 2.45) is 0 Å². The minimum Gasteiger partial charge on any atom is -0.148 e. The molecule has 1 aliphatic rings. The van der Waals surface area contributed by atoms with Crippen molar-refractivity contribution >= 4 is 18.2 Å². The molecule has 0 atom stereocenters. The van der Waals surface area contributed by atoms with E-state index in [1.165, 1.54) is 22.3 Å². The number of allylic oxidation sites excluding steroid dienone is 5. The van der Waals surface area contributed by atoms with Gasteiger partial charge in [0.2, 0.25) is 0 Å². The highest BCUT2D eigenvalue weighted by Crippen LogP contribution is 2.48. The van der Waals surface area contributed by atoms with Crippen molar-refractivity contribution in [2.75, 3.05) is 0 Å². The highest BCUT2D eigenvalue weighted by molar-refractivity contribution is 7.84. The summed E-state index contributed by atoms with van der Waals surface area (Å²) in [6.45, 7) is 10.7. The lowest BCUT2D eigenvalue weighted by Crippen LogP contribution is -2.13. The van der Waals surface area contributed by atoms with Crippen LogP contribution in [0.3, 0.4) is 0 Å². The van der Waals surface area contributed by atoms with Crippen LogP contribution >= 0.6 is 12.6 Å². The number of hydrogen-bond donors (Lipinski definition) is 1. The lowest BCUT2D eigenvalue weighted by atomic mass is 9.83. The Hall–Kier alpha value is -1.21. The van der Waals surface area contributed by atoms with Gasteiger partial charge in [-0.2, -0.15) is 0 Å². The monoisotopic (exact) mass is 242 g/mol. The smallest absolute Gasteiger partial charge is 0.0152 e. The summed E-state index contributed by atoms with van der Waals surface area (Å²) in [5, 5.41) is 0. The van der Waals surface area contributed by atoms with E-state index in [2.05, 4.69) is 63.4 Å². The van der Waals surface area contributed by atoms with Crippen LogP contribution in [0.15, 0.2) is 53.5 Å². The van der Waals surface area contributed by atoms with Gasteiger partial charge in [-0.1, -0.05) is 56.8 Å². The fraction of sp³-hybridized carbons (Fsp3) is 0.250. The minimum atomic E-state index is 0.0285. The van der Waals surface area contributed by atoms with E-state index in [4.69, 9.17) is 0 Å². The molecule has 0 unspecified atom stereocenters. The van der Waals surface area contributed by atoms with Crippen molar-refractivity contribution in [3.05, 3.63) is 64.6 Å². The zero-order valence-electron chi connectivity index (χ0n) is 10.6. The molecule has 0 nitrogen and oxygen atoms in total. The third-order valence-corrected chi connectivity index (χ3v) is 3.61. The maximum absolute atomic E-state index is 4.30. The number of fused-ring (bicyclic) bond motifs is 1. The van der Waals surface area contributed by atoms with Gasteiger partial charge in [-0.15, -0.1) is 12.6 Å². The molecular formula is C16H18S. The molecule has 1 aliphatic carbocycles. The normalized spacial score (nSPS) is 20.8. The predicted octanol–water partition coefficient (Wildman–Crippen LogP) is 4.75. The van der Waals surface area contributed by atoms with Gasteiger partial charge in [0, 0.05) is 5.41 Å². The Bertz CT molecular complexity index is 526. The SMILES string of the molecule is C=C1/C(=C\C=C(/C)S)c2ccccc2C1(C)C. The third kappa shape index (κ3) is 2.00. The van der Waals surface area contributed by atoms with Crippen molar-refractivity contribution in [1.82, 2.24) is 0 Å². The van der Waals surface area contributed by atoms with E-state index in [9.17, 15) is 0 Å². The summed E-state index contributed by atoms with van der Waals surface area (Å²) in [7, 11) is 0. The molecule has 88 valence electrons. The van der Waals surface area contributed by atoms with Crippen molar-refractivity contribution in [2.45, 2.75) is 26.2 Å². The van der Waals surface area contributed by atoms with Crippen LogP contribution in [0.25, 0.3) is 5.57 Å². The molecular weight excluding hydrogens is 224 g/mol. The van der Waals surface area contributed by atoms with Crippen molar-refractivity contribution in [3.63, 3.8) is 0 Å². The molecule has 17 heavy (non-hydrogen) atoms. The Morgan fingerprint density at radius 2 is 1.94 bits per heavy atom. The zero-order valence-corrected chi connectivity index (χ0v) is 11.5. The predicted molar refractivity (Wildman–Crippen MR) is 79.3 cm³/mol. The maximum atomic E-state index is 4.30. The molecule has 0 saturated heterocycles. The average molecular weight is 242 g/mol. The molecule has 0 amide bonds. The summed E-state index contributed by atoms with van der Waals surface area (Å²) in [5.74, 6) is 0. The second kappa shape index (κ2) is 4.23. The Labute approximate surface area is 109 Å². The standard InChI is InChI=1S/C16H18S/c1-11(17)9-10-13-12(2)16(3,4)15-8-6-5-7-14(13)15/h5-10,17H,2H2,1,3-4H3/b11-9+,13-10+. The largest absolute Gasteiger partial charge is 0.148 e. The number of rotatable bonds is 1. The van der Waals surface area contributed by atoms with Crippen molar-refractivity contribution in [3.8, 4) is 0 Å². The second-order valence-corrected chi connectivity index (χ2v) is 5.74. The van der Waals surface area contributed by atoms with Crippen LogP contribution in [0.4, 0.5) is 0 Å². The van der Waals surface area contributed by atoms with Crippen molar-refractivity contribution in [1.29, 1.82) is 0 Å². The molecule has 1 aromatic carbocycles. The topological polar surface area (TPSA) is 0 Å². The second-order valence-electron chi connectivity index (χ2n) is 5.04. The van der Waals surface area contributed by atoms with E-state index in [0.717, 1.165) is 4.91 Å². The van der Waals surface area contributed by atoms with E-state index < -0.39 is 0 Å². The maximum Gasteiger partial charge on any atom is 0.0152 e. The number of thiol groups is 1. The van der Waals surface area contributed by atoms with E-state index in [0.29, 0.717) is 0 Å². The van der Waals surface area contributed by atoms with Crippen molar-refractivity contribution < 1.29 is 0 Å². The molecule has 2 rings (SSSR count). The van der Waals surface area contributed by atoms with Crippen LogP contribution in [-0.4, -0.2) is 0 Å². The quantitative estimate of drug-likeness (QED) is 0.675. The Morgan fingerprint density at radius 1 is 1.29 bits per heavy atom. The third-order valence-electron chi connectivity index (χ3n) is 3.46. The lowest BCUT2D eigenvalue weighted by Gasteiger charge is -2.20. The van der Waals surface area contributed by atoms with E-state index in [1.807, 2.05) is 13.0 Å². The first-order chi connectivity index (χ1) is 7.94. The van der Waals surface area contributed by atoms with Crippen LogP contribution in [-0.2, 0) is 5.41 Å². The summed E-state index contributed by atoms with van der Waals surface area (Å²) in [5.41, 5.74) is 5.11. The van der Waals surface area contributed by atoms with E-state index >= 15 is 0 Å².